The van der Waals surface area contributed by atoms with E-state index in [-0.39, 0.29) is 30.0 Å². The highest BCUT2D eigenvalue weighted by molar-refractivity contribution is 8.23. The van der Waals surface area contributed by atoms with Crippen LogP contribution in [0.5, 0.6) is 0 Å². The molecule has 0 atom stereocenters. The van der Waals surface area contributed by atoms with Gasteiger partial charge in [0.1, 0.15) is 13.0 Å². The third-order valence-electron chi connectivity index (χ3n) is 12.5. The summed E-state index contributed by atoms with van der Waals surface area (Å²) in [6.07, 6.45) is 11.2. The van der Waals surface area contributed by atoms with E-state index in [4.69, 9.17) is 36.7 Å². The fourth-order valence-electron chi connectivity index (χ4n) is 8.29. The first-order chi connectivity index (χ1) is 36.0. The second kappa shape index (κ2) is 30.9. The van der Waals surface area contributed by atoms with Crippen LogP contribution in [-0.4, -0.2) is 120 Å². The van der Waals surface area contributed by atoms with E-state index in [2.05, 4.69) is 30.0 Å². The lowest BCUT2D eigenvalue weighted by atomic mass is 10.1. The molecule has 9 rings (SSSR count). The average Bonchev–Trinajstić information content (AvgIpc) is 3.99. The van der Waals surface area contributed by atoms with E-state index in [0.717, 1.165) is 80.0 Å². The van der Waals surface area contributed by atoms with Gasteiger partial charge in [-0.2, -0.15) is 15.3 Å². The van der Waals surface area contributed by atoms with Crippen molar-refractivity contribution in [2.75, 3.05) is 52.4 Å². The topological polar surface area (TPSA) is 135 Å². The van der Waals surface area contributed by atoms with Gasteiger partial charge in [0.25, 0.3) is 16.7 Å². The van der Waals surface area contributed by atoms with Gasteiger partial charge in [-0.15, -0.1) is 0 Å². The number of hydrogen-bond donors (Lipinski definition) is 0. The number of carbonyl (C=O) groups excluding carboxylic acids is 1. The minimum atomic E-state index is -0.0851. The van der Waals surface area contributed by atoms with Gasteiger partial charge < -0.3 is 19.6 Å². The fraction of sp³-hybridized carbons (Fsp3) is 0.382. The molecule has 20 heteroatoms. The Morgan fingerprint density at radius 2 is 0.707 bits per heavy atom. The summed E-state index contributed by atoms with van der Waals surface area (Å²) in [5.41, 5.74) is 5.22. The van der Waals surface area contributed by atoms with Gasteiger partial charge in [-0.25, -0.2) is 14.0 Å². The van der Waals surface area contributed by atoms with Crippen LogP contribution in [0.15, 0.2) is 142 Å². The normalized spacial score (nSPS) is 14.1. The average molecular weight is 1120 g/mol. The molecule has 3 aliphatic rings. The Morgan fingerprint density at radius 1 is 0.427 bits per heavy atom. The number of piperazine rings is 1. The summed E-state index contributed by atoms with van der Waals surface area (Å²) in [7, 11) is 0. The number of piperidine rings is 1. The number of thioether (sulfide) groups is 3. The Kier molecular flexibility index (Phi) is 24.2. The van der Waals surface area contributed by atoms with Gasteiger partial charge in [-0.3, -0.25) is 19.2 Å². The predicted octanol–water partition coefficient (Wildman–Crippen LogP) is 8.81. The van der Waals surface area contributed by atoms with Crippen molar-refractivity contribution in [1.82, 2.24) is 48.9 Å². The van der Waals surface area contributed by atoms with Crippen molar-refractivity contribution in [3.63, 3.8) is 0 Å². The Morgan fingerprint density at radius 3 is 1.01 bits per heavy atom. The van der Waals surface area contributed by atoms with Crippen molar-refractivity contribution in [2.24, 2.45) is 0 Å². The zero-order valence-corrected chi connectivity index (χ0v) is 46.5. The van der Waals surface area contributed by atoms with E-state index in [9.17, 15) is 19.2 Å². The van der Waals surface area contributed by atoms with E-state index in [0.29, 0.717) is 55.5 Å². The Hall–Kier alpha value is -5.51. The molecule has 0 bridgehead atoms. The smallest absolute Gasteiger partial charge is 0.271 e. The van der Waals surface area contributed by atoms with Crippen molar-refractivity contribution in [3.05, 3.63) is 192 Å². The molecule has 3 aliphatic heterocycles. The van der Waals surface area contributed by atoms with Crippen LogP contribution >= 0.6 is 71.9 Å². The van der Waals surface area contributed by atoms with Crippen molar-refractivity contribution in [2.45, 2.75) is 83.3 Å². The Bertz CT molecular complexity index is 2960. The van der Waals surface area contributed by atoms with Crippen LogP contribution in [0, 0.1) is 0 Å². The molecule has 0 spiro atoms. The highest BCUT2D eigenvalue weighted by Crippen LogP contribution is 2.21. The SMILES string of the molecule is C.CC(=O)N1CCN(C(=S)SCc2ccnn(Cc3ccccc3)c2=O)CC1.O=c1c(CSC(=S)N2CCCC2)ccnn1Cc1ccccc1.O=c1c(CSC(=S)N2CCCCC2)ccnn1Cc1ccccc1. The summed E-state index contributed by atoms with van der Waals surface area (Å²) in [4.78, 5) is 57.6. The molecule has 0 radical (unpaired) electrons. The maximum Gasteiger partial charge on any atom is 0.271 e. The number of aromatic nitrogens is 6. The summed E-state index contributed by atoms with van der Waals surface area (Å²) in [6, 6.07) is 35.0. The van der Waals surface area contributed by atoms with Gasteiger partial charge in [-0.05, 0) is 67.0 Å². The summed E-state index contributed by atoms with van der Waals surface area (Å²) in [5.74, 6) is 1.82. The number of benzene rings is 3. The van der Waals surface area contributed by atoms with Gasteiger partial charge >= 0.3 is 0 Å². The van der Waals surface area contributed by atoms with Crippen molar-refractivity contribution >= 4 is 90.8 Å². The first kappa shape index (κ1) is 58.7. The molecule has 0 aliphatic carbocycles. The van der Waals surface area contributed by atoms with Crippen LogP contribution in [0.4, 0.5) is 0 Å². The van der Waals surface area contributed by atoms with Gasteiger partial charge in [0.2, 0.25) is 5.91 Å². The number of hydrogen-bond acceptors (Lipinski definition) is 13. The largest absolute Gasteiger partial charge is 0.358 e. The molecule has 1 amide bonds. The molecule has 6 heterocycles. The standard InChI is InChI=1S/C19H22N4O2S2.C18H21N3OS2.C17H19N3OS2.CH4/c1-15(24)21-9-11-22(12-10-21)19(26)27-14-17-7-8-20-23(18(17)25)13-16-5-3-2-4-6-16;22-17-16(14-24-18(23)20-11-5-2-6-12-20)9-10-19-21(17)13-15-7-3-1-4-8-15;21-16-15(13-23-17(22)19-10-4-5-11-19)8-9-18-20(16)12-14-6-2-1-3-7-14;/h2-8H,9-14H2,1H3;1,3-4,7-10H,2,5-6,11-14H2;1-3,6-9H,4-5,10-13H2;1H4. The first-order valence-electron chi connectivity index (χ1n) is 24.8. The van der Waals surface area contributed by atoms with Crippen molar-refractivity contribution in [1.29, 1.82) is 0 Å². The minimum Gasteiger partial charge on any atom is -0.358 e. The third kappa shape index (κ3) is 18.3. The Labute approximate surface area is 469 Å². The van der Waals surface area contributed by atoms with Gasteiger partial charge in [0.15, 0.2) is 0 Å². The van der Waals surface area contributed by atoms with E-state index >= 15 is 0 Å². The molecule has 6 aromatic rings. The summed E-state index contributed by atoms with van der Waals surface area (Å²) < 4.78 is 7.09. The molecule has 3 aromatic heterocycles. The molecule has 3 aromatic carbocycles. The monoisotopic (exact) mass is 1120 g/mol. The number of nitrogens with zero attached hydrogens (tertiary/aromatic N) is 10. The van der Waals surface area contributed by atoms with Gasteiger partial charge in [0, 0.05) is 112 Å². The highest BCUT2D eigenvalue weighted by atomic mass is 32.2. The van der Waals surface area contributed by atoms with Gasteiger partial charge in [-0.1, -0.05) is 170 Å². The van der Waals surface area contributed by atoms with E-state index in [1.54, 1.807) is 67.2 Å². The summed E-state index contributed by atoms with van der Waals surface area (Å²) in [5, 5.41) is 12.6. The second-order valence-corrected chi connectivity index (χ2v) is 22.6. The lowest BCUT2D eigenvalue weighted by Crippen LogP contribution is -2.49. The number of carbonyl (C=O) groups is 1. The fourth-order valence-corrected chi connectivity index (χ4v) is 12.0. The predicted molar refractivity (Wildman–Crippen MR) is 321 cm³/mol. The van der Waals surface area contributed by atoms with Gasteiger partial charge in [0.05, 0.1) is 19.6 Å². The van der Waals surface area contributed by atoms with Crippen LogP contribution in [0.25, 0.3) is 0 Å². The van der Waals surface area contributed by atoms with E-state index < -0.39 is 0 Å². The number of likely N-dealkylation sites (tertiary alicyclic amines) is 2. The summed E-state index contributed by atoms with van der Waals surface area (Å²) in [6.45, 7) is 10.1. The number of rotatable bonds is 12. The van der Waals surface area contributed by atoms with Crippen molar-refractivity contribution in [3.8, 4) is 0 Å². The highest BCUT2D eigenvalue weighted by Gasteiger charge is 2.21. The van der Waals surface area contributed by atoms with Crippen LogP contribution < -0.4 is 16.7 Å². The number of amides is 1. The molecular formula is C55H66N10O4S6. The van der Waals surface area contributed by atoms with Crippen LogP contribution in [-0.2, 0) is 41.7 Å². The molecule has 3 saturated heterocycles. The lowest BCUT2D eigenvalue weighted by Gasteiger charge is -2.35. The second-order valence-electron chi connectivity index (χ2n) is 17.8. The molecular weight excluding hydrogens is 1060 g/mol. The maximum atomic E-state index is 12.7. The molecule has 396 valence electrons. The minimum absolute atomic E-state index is 0. The molecule has 0 unspecified atom stereocenters. The van der Waals surface area contributed by atoms with Crippen LogP contribution in [0.3, 0.4) is 0 Å². The molecule has 14 nitrogen and oxygen atoms in total. The molecule has 75 heavy (non-hydrogen) atoms. The molecule has 3 fully saturated rings. The van der Waals surface area contributed by atoms with Crippen LogP contribution in [0.1, 0.15) is 79.8 Å². The molecule has 0 N–H and O–H groups in total. The van der Waals surface area contributed by atoms with E-state index in [1.165, 1.54) is 57.9 Å². The zero-order chi connectivity index (χ0) is 52.1. The summed E-state index contributed by atoms with van der Waals surface area (Å²) >= 11 is 21.1. The number of thiocarbonyl (C=S) groups is 3. The maximum absolute atomic E-state index is 12.7. The lowest BCUT2D eigenvalue weighted by molar-refractivity contribution is -0.130. The van der Waals surface area contributed by atoms with E-state index in [1.807, 2.05) is 95.9 Å². The Balaban J connectivity index is 0.000000182. The molecule has 0 saturated carbocycles. The third-order valence-corrected chi connectivity index (χ3v) is 17.2. The zero-order valence-electron chi connectivity index (χ0n) is 41.6. The van der Waals surface area contributed by atoms with Crippen molar-refractivity contribution < 1.29 is 4.79 Å². The van der Waals surface area contributed by atoms with Crippen LogP contribution in [0.2, 0.25) is 0 Å². The first-order valence-corrected chi connectivity index (χ1v) is 29.0. The quantitative estimate of drug-likeness (QED) is 0.108.